The SMILES string of the molecule is C[C@]1(Cc2ccc(Br)cc2)C(=O)O[C@H](c2ccccc2)N1C(=O)OCc1ccccc1. The first-order valence-corrected chi connectivity index (χ1v) is 10.8. The van der Waals surface area contributed by atoms with Gasteiger partial charge in [-0.1, -0.05) is 88.7 Å². The second-order valence-electron chi connectivity index (χ2n) is 7.66. The minimum atomic E-state index is -1.21. The molecule has 1 fully saturated rings. The topological polar surface area (TPSA) is 55.8 Å². The smallest absolute Gasteiger partial charge is 0.414 e. The number of nitrogens with zero attached hydrogens (tertiary/aromatic N) is 1. The van der Waals surface area contributed by atoms with Gasteiger partial charge in [0.1, 0.15) is 12.1 Å². The first-order valence-electron chi connectivity index (χ1n) is 9.98. The third-order valence-electron chi connectivity index (χ3n) is 5.37. The van der Waals surface area contributed by atoms with Crippen molar-refractivity contribution in [2.75, 3.05) is 0 Å². The molecule has 0 unspecified atom stereocenters. The zero-order valence-electron chi connectivity index (χ0n) is 17.0. The molecule has 1 amide bonds. The third kappa shape index (κ3) is 4.49. The molecule has 0 spiro atoms. The van der Waals surface area contributed by atoms with Crippen LogP contribution in [0.2, 0.25) is 0 Å². The summed E-state index contributed by atoms with van der Waals surface area (Å²) in [6.07, 6.45) is -1.14. The van der Waals surface area contributed by atoms with E-state index in [1.54, 1.807) is 6.92 Å². The highest BCUT2D eigenvalue weighted by atomic mass is 79.9. The number of amides is 1. The van der Waals surface area contributed by atoms with E-state index in [9.17, 15) is 9.59 Å². The van der Waals surface area contributed by atoms with Crippen LogP contribution in [0, 0.1) is 0 Å². The number of carbonyl (C=O) groups is 2. The molecule has 3 aromatic rings. The molecule has 1 aliphatic rings. The quantitative estimate of drug-likeness (QED) is 0.444. The van der Waals surface area contributed by atoms with Gasteiger partial charge in [0.25, 0.3) is 0 Å². The fraction of sp³-hybridized carbons (Fsp3) is 0.200. The van der Waals surface area contributed by atoms with Crippen molar-refractivity contribution in [1.29, 1.82) is 0 Å². The summed E-state index contributed by atoms with van der Waals surface area (Å²) >= 11 is 3.43. The zero-order valence-corrected chi connectivity index (χ0v) is 18.6. The standard InChI is InChI=1S/C25H22BrNO4/c1-25(16-18-12-14-21(26)15-13-18)23(28)31-22(20-10-6-3-7-11-20)27(25)24(29)30-17-19-8-4-2-5-9-19/h2-15,22H,16-17H2,1H3/t22-,25+/m1/s1. The molecule has 0 N–H and O–H groups in total. The Labute approximate surface area is 189 Å². The molecule has 5 nitrogen and oxygen atoms in total. The molecule has 4 rings (SSSR count). The number of carbonyl (C=O) groups excluding carboxylic acids is 2. The predicted molar refractivity (Wildman–Crippen MR) is 120 cm³/mol. The van der Waals surface area contributed by atoms with Gasteiger partial charge >= 0.3 is 12.1 Å². The third-order valence-corrected chi connectivity index (χ3v) is 5.90. The van der Waals surface area contributed by atoms with Gasteiger partial charge in [0, 0.05) is 16.5 Å². The lowest BCUT2D eigenvalue weighted by Gasteiger charge is -2.33. The maximum Gasteiger partial charge on any atom is 0.414 e. The van der Waals surface area contributed by atoms with Crippen molar-refractivity contribution in [1.82, 2.24) is 4.90 Å². The van der Waals surface area contributed by atoms with Gasteiger partial charge in [0.05, 0.1) is 0 Å². The van der Waals surface area contributed by atoms with Gasteiger partial charge in [-0.05, 0) is 30.2 Å². The average molecular weight is 480 g/mol. The van der Waals surface area contributed by atoms with Crippen molar-refractivity contribution in [3.8, 4) is 0 Å². The largest absolute Gasteiger partial charge is 0.444 e. The highest BCUT2D eigenvalue weighted by Gasteiger charge is 2.55. The van der Waals surface area contributed by atoms with Crippen molar-refractivity contribution < 1.29 is 19.1 Å². The number of esters is 1. The summed E-state index contributed by atoms with van der Waals surface area (Å²) in [6.45, 7) is 1.84. The Balaban J connectivity index is 1.65. The molecule has 0 aromatic heterocycles. The Hall–Kier alpha value is -3.12. The highest BCUT2D eigenvalue weighted by Crippen LogP contribution is 2.40. The fourth-order valence-electron chi connectivity index (χ4n) is 3.72. The molecule has 1 aliphatic heterocycles. The molecule has 0 saturated carbocycles. The summed E-state index contributed by atoms with van der Waals surface area (Å²) < 4.78 is 12.3. The van der Waals surface area contributed by atoms with Gasteiger partial charge in [-0.25, -0.2) is 9.59 Å². The van der Waals surface area contributed by atoms with E-state index in [1.165, 1.54) is 4.90 Å². The number of rotatable bonds is 5. The molecule has 6 heteroatoms. The Bertz CT molecular complexity index is 1060. The summed E-state index contributed by atoms with van der Waals surface area (Å²) in [7, 11) is 0. The number of hydrogen-bond acceptors (Lipinski definition) is 4. The predicted octanol–water partition coefficient (Wildman–Crippen LogP) is 5.64. The van der Waals surface area contributed by atoms with Gasteiger partial charge in [-0.3, -0.25) is 4.90 Å². The van der Waals surface area contributed by atoms with E-state index in [0.29, 0.717) is 12.0 Å². The molecule has 0 bridgehead atoms. The summed E-state index contributed by atoms with van der Waals surface area (Å²) in [4.78, 5) is 27.8. The van der Waals surface area contributed by atoms with Crippen LogP contribution in [0.3, 0.4) is 0 Å². The summed E-state index contributed by atoms with van der Waals surface area (Å²) in [5.41, 5.74) is 1.29. The van der Waals surface area contributed by atoms with E-state index < -0.39 is 23.8 Å². The first kappa shape index (κ1) is 21.1. The van der Waals surface area contributed by atoms with Crippen LogP contribution in [0.15, 0.2) is 89.4 Å². The van der Waals surface area contributed by atoms with E-state index in [-0.39, 0.29) is 6.61 Å². The van der Waals surface area contributed by atoms with E-state index in [0.717, 1.165) is 15.6 Å². The Morgan fingerprint density at radius 1 is 0.968 bits per heavy atom. The molecule has 158 valence electrons. The fourth-order valence-corrected chi connectivity index (χ4v) is 3.98. The van der Waals surface area contributed by atoms with Crippen molar-refractivity contribution in [2.45, 2.75) is 31.7 Å². The van der Waals surface area contributed by atoms with Crippen LogP contribution >= 0.6 is 15.9 Å². The molecular formula is C25H22BrNO4. The average Bonchev–Trinajstić information content (AvgIpc) is 3.05. The Kier molecular flexibility index (Phi) is 6.09. The molecular weight excluding hydrogens is 458 g/mol. The Morgan fingerprint density at radius 3 is 2.23 bits per heavy atom. The van der Waals surface area contributed by atoms with E-state index in [1.807, 2.05) is 84.9 Å². The molecule has 0 aliphatic carbocycles. The zero-order chi connectivity index (χ0) is 21.8. The summed E-state index contributed by atoms with van der Waals surface area (Å²) in [5.74, 6) is -0.457. The van der Waals surface area contributed by atoms with Gasteiger partial charge in [-0.15, -0.1) is 0 Å². The van der Waals surface area contributed by atoms with Crippen LogP contribution in [0.4, 0.5) is 4.79 Å². The number of ether oxygens (including phenoxy) is 2. The van der Waals surface area contributed by atoms with Crippen LogP contribution in [0.5, 0.6) is 0 Å². The summed E-state index contributed by atoms with van der Waals surface area (Å²) in [6, 6.07) is 26.3. The molecule has 1 saturated heterocycles. The molecule has 31 heavy (non-hydrogen) atoms. The number of cyclic esters (lactones) is 1. The monoisotopic (exact) mass is 479 g/mol. The van der Waals surface area contributed by atoms with Gasteiger partial charge < -0.3 is 9.47 Å². The minimum absolute atomic E-state index is 0.111. The minimum Gasteiger partial charge on any atom is -0.444 e. The van der Waals surface area contributed by atoms with E-state index in [4.69, 9.17) is 9.47 Å². The second-order valence-corrected chi connectivity index (χ2v) is 8.57. The molecule has 2 atom stereocenters. The second kappa shape index (κ2) is 8.94. The molecule has 1 heterocycles. The van der Waals surface area contributed by atoms with Crippen molar-refractivity contribution in [3.63, 3.8) is 0 Å². The Morgan fingerprint density at radius 2 is 1.58 bits per heavy atom. The van der Waals surface area contributed by atoms with Gasteiger partial charge in [0.2, 0.25) is 6.23 Å². The lowest BCUT2D eigenvalue weighted by Crippen LogP contribution is -2.51. The highest BCUT2D eigenvalue weighted by molar-refractivity contribution is 9.10. The number of halogens is 1. The van der Waals surface area contributed by atoms with Crippen LogP contribution in [-0.2, 0) is 27.3 Å². The number of benzene rings is 3. The lowest BCUT2D eigenvalue weighted by molar-refractivity contribution is -0.145. The summed E-state index contributed by atoms with van der Waals surface area (Å²) in [5, 5.41) is 0. The first-order chi connectivity index (χ1) is 15.0. The maximum absolute atomic E-state index is 13.3. The maximum atomic E-state index is 13.3. The van der Waals surface area contributed by atoms with Crippen molar-refractivity contribution in [3.05, 3.63) is 106 Å². The van der Waals surface area contributed by atoms with E-state index in [2.05, 4.69) is 15.9 Å². The van der Waals surface area contributed by atoms with Gasteiger partial charge in [-0.2, -0.15) is 0 Å². The van der Waals surface area contributed by atoms with Gasteiger partial charge in [0.15, 0.2) is 0 Å². The van der Waals surface area contributed by atoms with Crippen molar-refractivity contribution >= 4 is 28.0 Å². The molecule has 3 aromatic carbocycles. The van der Waals surface area contributed by atoms with Crippen LogP contribution in [-0.4, -0.2) is 22.5 Å². The van der Waals surface area contributed by atoms with Crippen LogP contribution in [0.1, 0.15) is 29.8 Å². The van der Waals surface area contributed by atoms with E-state index >= 15 is 0 Å². The van der Waals surface area contributed by atoms with Crippen molar-refractivity contribution in [2.24, 2.45) is 0 Å². The van der Waals surface area contributed by atoms with Crippen LogP contribution in [0.25, 0.3) is 0 Å². The normalized spacial score (nSPS) is 20.4. The lowest BCUT2D eigenvalue weighted by atomic mass is 9.91. The number of hydrogen-bond donors (Lipinski definition) is 0. The molecule has 0 radical (unpaired) electrons. The van der Waals surface area contributed by atoms with Crippen LogP contribution < -0.4 is 0 Å².